The minimum Gasteiger partial charge on any atom is -0.324 e. The van der Waals surface area contributed by atoms with Crippen molar-refractivity contribution in [3.05, 3.63) is 58.1 Å². The maximum Gasteiger partial charge on any atom is 0.240 e. The average molecular weight is 358 g/mol. The topological polar surface area (TPSA) is 63.2 Å². The number of hydrogen-bond donors (Lipinski definition) is 1. The molecule has 4 nitrogen and oxygen atoms in total. The van der Waals surface area contributed by atoms with Crippen molar-refractivity contribution in [3.63, 3.8) is 0 Å². The van der Waals surface area contributed by atoms with E-state index in [9.17, 15) is 13.2 Å². The van der Waals surface area contributed by atoms with Gasteiger partial charge in [0.25, 0.3) is 0 Å². The van der Waals surface area contributed by atoms with Crippen LogP contribution in [0.5, 0.6) is 0 Å². The van der Waals surface area contributed by atoms with E-state index in [1.54, 1.807) is 30.3 Å². The van der Waals surface area contributed by atoms with Gasteiger partial charge in [0.1, 0.15) is 5.75 Å². The second-order valence-corrected chi connectivity index (χ2v) is 7.50. The summed E-state index contributed by atoms with van der Waals surface area (Å²) in [5.41, 5.74) is 1.22. The minimum absolute atomic E-state index is 0.102. The minimum atomic E-state index is -3.71. The number of carbonyl (C=O) groups excluding carboxylic acids is 1. The van der Waals surface area contributed by atoms with Gasteiger partial charge in [-0.1, -0.05) is 47.0 Å². The number of benzene rings is 2. The monoisotopic (exact) mass is 357 g/mol. The zero-order chi connectivity index (χ0) is 16.3. The Bertz CT molecular complexity index is 802. The molecule has 0 bridgehead atoms. The Morgan fingerprint density at radius 2 is 1.73 bits per heavy atom. The van der Waals surface area contributed by atoms with E-state index in [-0.39, 0.29) is 20.6 Å². The van der Waals surface area contributed by atoms with Crippen molar-refractivity contribution in [3.8, 4) is 0 Å². The number of aryl methyl sites for hydroxylation is 1. The van der Waals surface area contributed by atoms with Crippen LogP contribution in [-0.2, 0) is 14.6 Å². The summed E-state index contributed by atoms with van der Waals surface area (Å²) in [6.45, 7) is 1.85. The van der Waals surface area contributed by atoms with Crippen molar-refractivity contribution in [1.82, 2.24) is 0 Å². The van der Waals surface area contributed by atoms with Gasteiger partial charge in [-0.25, -0.2) is 8.42 Å². The van der Waals surface area contributed by atoms with E-state index in [2.05, 4.69) is 5.32 Å². The molecular weight excluding hydrogens is 345 g/mol. The first kappa shape index (κ1) is 16.8. The van der Waals surface area contributed by atoms with Gasteiger partial charge >= 0.3 is 0 Å². The van der Waals surface area contributed by atoms with Gasteiger partial charge in [0.15, 0.2) is 9.84 Å². The SMILES string of the molecule is Cc1ccc(S(=O)(=O)CC(=O)Nc2cccc(Cl)c2Cl)cc1. The molecule has 22 heavy (non-hydrogen) atoms. The summed E-state index contributed by atoms with van der Waals surface area (Å²) in [6, 6.07) is 11.0. The number of sulfone groups is 1. The summed E-state index contributed by atoms with van der Waals surface area (Å²) >= 11 is 11.8. The van der Waals surface area contributed by atoms with Crippen molar-refractivity contribution in [2.45, 2.75) is 11.8 Å². The van der Waals surface area contributed by atoms with Crippen LogP contribution in [0.15, 0.2) is 47.4 Å². The number of carbonyl (C=O) groups is 1. The smallest absolute Gasteiger partial charge is 0.240 e. The molecule has 2 aromatic carbocycles. The highest BCUT2D eigenvalue weighted by Crippen LogP contribution is 2.29. The molecule has 0 aromatic heterocycles. The van der Waals surface area contributed by atoms with Gasteiger partial charge in [-0.2, -0.15) is 0 Å². The van der Waals surface area contributed by atoms with Crippen LogP contribution in [0.2, 0.25) is 10.0 Å². The molecule has 2 rings (SSSR count). The predicted molar refractivity (Wildman–Crippen MR) is 88.3 cm³/mol. The lowest BCUT2D eigenvalue weighted by Crippen LogP contribution is -2.23. The number of hydrogen-bond acceptors (Lipinski definition) is 3. The maximum atomic E-state index is 12.2. The molecule has 0 saturated carbocycles. The van der Waals surface area contributed by atoms with Crippen molar-refractivity contribution in [2.24, 2.45) is 0 Å². The van der Waals surface area contributed by atoms with Crippen molar-refractivity contribution >= 4 is 44.6 Å². The lowest BCUT2D eigenvalue weighted by atomic mass is 10.2. The highest BCUT2D eigenvalue weighted by molar-refractivity contribution is 7.92. The fraction of sp³-hybridized carbons (Fsp3) is 0.133. The highest BCUT2D eigenvalue weighted by Gasteiger charge is 2.20. The Labute approximate surface area is 139 Å². The van der Waals surface area contributed by atoms with Crippen LogP contribution in [0.4, 0.5) is 5.69 Å². The van der Waals surface area contributed by atoms with Gasteiger partial charge in [-0.3, -0.25) is 4.79 Å². The summed E-state index contributed by atoms with van der Waals surface area (Å²) in [6.07, 6.45) is 0. The molecular formula is C15H13Cl2NO3S. The molecule has 7 heteroatoms. The Balaban J connectivity index is 2.14. The summed E-state index contributed by atoms with van der Waals surface area (Å²) in [5, 5.41) is 2.90. The molecule has 0 radical (unpaired) electrons. The van der Waals surface area contributed by atoms with Crippen LogP contribution in [0.25, 0.3) is 0 Å². The van der Waals surface area contributed by atoms with Gasteiger partial charge in [-0.15, -0.1) is 0 Å². The van der Waals surface area contributed by atoms with Crippen molar-refractivity contribution in [2.75, 3.05) is 11.1 Å². The maximum absolute atomic E-state index is 12.2. The third-order valence-corrected chi connectivity index (χ3v) is 5.38. The van der Waals surface area contributed by atoms with Crippen molar-refractivity contribution in [1.29, 1.82) is 0 Å². The van der Waals surface area contributed by atoms with Crippen LogP contribution in [0.1, 0.15) is 5.56 Å². The molecule has 0 aliphatic heterocycles. The van der Waals surface area contributed by atoms with Crippen LogP contribution in [0, 0.1) is 6.92 Å². The molecule has 1 N–H and O–H groups in total. The van der Waals surface area contributed by atoms with E-state index in [1.807, 2.05) is 6.92 Å². The Kier molecular flexibility index (Phi) is 5.11. The standard InChI is InChI=1S/C15H13Cl2NO3S/c1-10-5-7-11(8-6-10)22(20,21)9-14(19)18-13-4-2-3-12(16)15(13)17/h2-8H,9H2,1H3,(H,18,19). The number of anilines is 1. The molecule has 0 saturated heterocycles. The second-order valence-electron chi connectivity index (χ2n) is 4.72. The van der Waals surface area contributed by atoms with E-state index in [4.69, 9.17) is 23.2 Å². The summed E-state index contributed by atoms with van der Waals surface area (Å²) < 4.78 is 24.4. The second kappa shape index (κ2) is 6.69. The highest BCUT2D eigenvalue weighted by atomic mass is 35.5. The zero-order valence-electron chi connectivity index (χ0n) is 11.6. The van der Waals surface area contributed by atoms with Gasteiger partial charge in [0, 0.05) is 0 Å². The lowest BCUT2D eigenvalue weighted by molar-refractivity contribution is -0.113. The first-order valence-electron chi connectivity index (χ1n) is 6.33. The average Bonchev–Trinajstić information content (AvgIpc) is 2.44. The van der Waals surface area contributed by atoms with Gasteiger partial charge in [0.2, 0.25) is 5.91 Å². The quantitative estimate of drug-likeness (QED) is 0.906. The molecule has 0 heterocycles. The molecule has 0 aliphatic rings. The molecule has 2 aromatic rings. The first-order valence-corrected chi connectivity index (χ1v) is 8.74. The van der Waals surface area contributed by atoms with Gasteiger partial charge in [0.05, 0.1) is 20.6 Å². The first-order chi connectivity index (χ1) is 10.3. The Hall–Kier alpha value is -1.56. The number of rotatable bonds is 4. The lowest BCUT2D eigenvalue weighted by Gasteiger charge is -2.09. The summed E-state index contributed by atoms with van der Waals surface area (Å²) in [7, 11) is -3.71. The molecule has 0 atom stereocenters. The molecule has 0 unspecified atom stereocenters. The third-order valence-electron chi connectivity index (χ3n) is 2.93. The van der Waals surface area contributed by atoms with E-state index in [0.717, 1.165) is 5.56 Å². The molecule has 0 spiro atoms. The Morgan fingerprint density at radius 1 is 1.09 bits per heavy atom. The molecule has 1 amide bonds. The van der Waals surface area contributed by atoms with Crippen LogP contribution in [-0.4, -0.2) is 20.1 Å². The van der Waals surface area contributed by atoms with E-state index in [0.29, 0.717) is 0 Å². The van der Waals surface area contributed by atoms with E-state index < -0.39 is 21.5 Å². The normalized spacial score (nSPS) is 11.2. The molecule has 0 fully saturated rings. The van der Waals surface area contributed by atoms with Crippen LogP contribution >= 0.6 is 23.2 Å². The predicted octanol–water partition coefficient (Wildman–Crippen LogP) is 3.71. The van der Waals surface area contributed by atoms with Crippen LogP contribution < -0.4 is 5.32 Å². The number of halogens is 2. The molecule has 116 valence electrons. The van der Waals surface area contributed by atoms with E-state index >= 15 is 0 Å². The fourth-order valence-electron chi connectivity index (χ4n) is 1.79. The summed E-state index contributed by atoms with van der Waals surface area (Å²) in [5.74, 6) is -1.34. The zero-order valence-corrected chi connectivity index (χ0v) is 14.0. The van der Waals surface area contributed by atoms with Gasteiger partial charge in [-0.05, 0) is 31.2 Å². The number of amides is 1. The van der Waals surface area contributed by atoms with Crippen LogP contribution in [0.3, 0.4) is 0 Å². The fourth-order valence-corrected chi connectivity index (χ4v) is 3.27. The van der Waals surface area contributed by atoms with Crippen molar-refractivity contribution < 1.29 is 13.2 Å². The van der Waals surface area contributed by atoms with Gasteiger partial charge < -0.3 is 5.32 Å². The molecule has 0 aliphatic carbocycles. The Morgan fingerprint density at radius 3 is 2.36 bits per heavy atom. The number of nitrogens with one attached hydrogen (secondary N) is 1. The largest absolute Gasteiger partial charge is 0.324 e. The van der Waals surface area contributed by atoms with E-state index in [1.165, 1.54) is 12.1 Å². The third kappa shape index (κ3) is 4.00. The summed E-state index contributed by atoms with van der Waals surface area (Å²) in [4.78, 5) is 12.0.